The predicted molar refractivity (Wildman–Crippen MR) is 68.5 cm³/mol. The van der Waals surface area contributed by atoms with Gasteiger partial charge < -0.3 is 10.8 Å². The standard InChI is InChI=1S/C14H20F3NO/c1-13(2,3)12(18)8-11(19)9-6-4-5-7-10(9)14(15,16)17/h4-7,11-12,19H,8,18H2,1-3H3/t11-,12-/m0/s1. The quantitative estimate of drug-likeness (QED) is 0.886. The van der Waals surface area contributed by atoms with Crippen LogP contribution in [-0.4, -0.2) is 11.1 Å². The van der Waals surface area contributed by atoms with Crippen LogP contribution in [0.15, 0.2) is 24.3 Å². The number of rotatable bonds is 3. The molecule has 0 saturated carbocycles. The lowest BCUT2D eigenvalue weighted by Gasteiger charge is -2.29. The number of alkyl halides is 3. The average molecular weight is 275 g/mol. The van der Waals surface area contributed by atoms with Crippen LogP contribution in [0, 0.1) is 5.41 Å². The number of hydrogen-bond acceptors (Lipinski definition) is 2. The maximum absolute atomic E-state index is 12.8. The molecule has 1 aromatic rings. The van der Waals surface area contributed by atoms with Crippen molar-refractivity contribution in [3.63, 3.8) is 0 Å². The first-order valence-corrected chi connectivity index (χ1v) is 6.13. The maximum Gasteiger partial charge on any atom is 0.416 e. The normalized spacial score (nSPS) is 16.2. The molecule has 0 aliphatic carbocycles. The van der Waals surface area contributed by atoms with Gasteiger partial charge in [0, 0.05) is 6.04 Å². The summed E-state index contributed by atoms with van der Waals surface area (Å²) in [5.74, 6) is 0. The summed E-state index contributed by atoms with van der Waals surface area (Å²) in [5.41, 5.74) is 4.72. The van der Waals surface area contributed by atoms with Crippen molar-refractivity contribution < 1.29 is 18.3 Å². The van der Waals surface area contributed by atoms with E-state index >= 15 is 0 Å². The van der Waals surface area contributed by atoms with E-state index in [0.717, 1.165) is 6.07 Å². The molecule has 0 unspecified atom stereocenters. The van der Waals surface area contributed by atoms with Gasteiger partial charge in [-0.1, -0.05) is 39.0 Å². The fraction of sp³-hybridized carbons (Fsp3) is 0.571. The Balaban J connectivity index is 2.98. The molecule has 19 heavy (non-hydrogen) atoms. The molecule has 0 spiro atoms. The second-order valence-corrected chi connectivity index (χ2v) is 5.81. The van der Waals surface area contributed by atoms with Gasteiger partial charge in [0.15, 0.2) is 0 Å². The van der Waals surface area contributed by atoms with E-state index in [-0.39, 0.29) is 23.4 Å². The lowest BCUT2D eigenvalue weighted by molar-refractivity contribution is -0.139. The third-order valence-corrected chi connectivity index (χ3v) is 3.21. The maximum atomic E-state index is 12.8. The average Bonchev–Trinajstić information content (AvgIpc) is 2.26. The van der Waals surface area contributed by atoms with Gasteiger partial charge >= 0.3 is 6.18 Å². The van der Waals surface area contributed by atoms with Crippen molar-refractivity contribution in [3.05, 3.63) is 35.4 Å². The minimum absolute atomic E-state index is 0.0938. The lowest BCUT2D eigenvalue weighted by Crippen LogP contribution is -2.36. The summed E-state index contributed by atoms with van der Waals surface area (Å²) in [6, 6.07) is 4.67. The number of benzene rings is 1. The summed E-state index contributed by atoms with van der Waals surface area (Å²) in [6.07, 6.45) is -5.59. The Hall–Kier alpha value is -1.07. The van der Waals surface area contributed by atoms with Crippen LogP contribution < -0.4 is 5.73 Å². The Labute approximate surface area is 111 Å². The lowest BCUT2D eigenvalue weighted by atomic mass is 9.82. The molecule has 2 nitrogen and oxygen atoms in total. The molecule has 2 atom stereocenters. The molecule has 3 N–H and O–H groups in total. The van der Waals surface area contributed by atoms with Crippen molar-refractivity contribution in [2.75, 3.05) is 0 Å². The summed E-state index contributed by atoms with van der Waals surface area (Å²) >= 11 is 0. The van der Waals surface area contributed by atoms with Crippen molar-refractivity contribution >= 4 is 0 Å². The topological polar surface area (TPSA) is 46.2 Å². The Morgan fingerprint density at radius 1 is 1.16 bits per heavy atom. The summed E-state index contributed by atoms with van der Waals surface area (Å²) in [7, 11) is 0. The Morgan fingerprint density at radius 2 is 1.68 bits per heavy atom. The van der Waals surface area contributed by atoms with E-state index in [4.69, 9.17) is 5.73 Å². The fourth-order valence-corrected chi connectivity index (χ4v) is 1.77. The van der Waals surface area contributed by atoms with E-state index in [1.54, 1.807) is 0 Å². The smallest absolute Gasteiger partial charge is 0.388 e. The number of halogens is 3. The molecule has 0 amide bonds. The van der Waals surface area contributed by atoms with Gasteiger partial charge in [-0.05, 0) is 23.5 Å². The third kappa shape index (κ3) is 4.21. The minimum atomic E-state index is -4.47. The van der Waals surface area contributed by atoms with E-state index in [0.29, 0.717) is 0 Å². The fourth-order valence-electron chi connectivity index (χ4n) is 1.77. The van der Waals surface area contributed by atoms with E-state index in [1.165, 1.54) is 18.2 Å². The zero-order chi connectivity index (χ0) is 14.8. The SMILES string of the molecule is CC(C)(C)[C@@H](N)C[C@H](O)c1ccccc1C(F)(F)F. The molecular weight excluding hydrogens is 255 g/mol. The van der Waals surface area contributed by atoms with E-state index < -0.39 is 17.8 Å². The van der Waals surface area contributed by atoms with Crippen molar-refractivity contribution in [1.29, 1.82) is 0 Å². The highest BCUT2D eigenvalue weighted by Crippen LogP contribution is 2.36. The van der Waals surface area contributed by atoms with Crippen LogP contribution in [0.4, 0.5) is 13.2 Å². The van der Waals surface area contributed by atoms with E-state index in [1.807, 2.05) is 20.8 Å². The number of hydrogen-bond donors (Lipinski definition) is 2. The summed E-state index contributed by atoms with van der Waals surface area (Å²) in [4.78, 5) is 0. The molecule has 5 heteroatoms. The van der Waals surface area contributed by atoms with Gasteiger partial charge in [0.2, 0.25) is 0 Å². The molecule has 0 bridgehead atoms. The van der Waals surface area contributed by atoms with Crippen LogP contribution in [0.25, 0.3) is 0 Å². The largest absolute Gasteiger partial charge is 0.416 e. The number of aliphatic hydroxyl groups excluding tert-OH is 1. The van der Waals surface area contributed by atoms with Crippen molar-refractivity contribution in [1.82, 2.24) is 0 Å². The summed E-state index contributed by atoms with van der Waals surface area (Å²) in [6.45, 7) is 5.67. The van der Waals surface area contributed by atoms with Crippen LogP contribution in [-0.2, 0) is 6.18 Å². The molecule has 0 aliphatic rings. The van der Waals surface area contributed by atoms with Gasteiger partial charge in [0.1, 0.15) is 0 Å². The van der Waals surface area contributed by atoms with Crippen molar-refractivity contribution in [2.24, 2.45) is 11.1 Å². The number of aliphatic hydroxyl groups is 1. The molecule has 0 aromatic heterocycles. The van der Waals surface area contributed by atoms with Gasteiger partial charge in [-0.3, -0.25) is 0 Å². The number of nitrogens with two attached hydrogens (primary N) is 1. The van der Waals surface area contributed by atoms with Gasteiger partial charge in [-0.25, -0.2) is 0 Å². The van der Waals surface area contributed by atoms with Crippen LogP contribution >= 0.6 is 0 Å². The molecule has 0 fully saturated rings. The second kappa shape index (κ2) is 5.51. The van der Waals surface area contributed by atoms with Gasteiger partial charge in [-0.15, -0.1) is 0 Å². The molecule has 1 aromatic carbocycles. The Kier molecular flexibility index (Phi) is 4.63. The summed E-state index contributed by atoms with van der Waals surface area (Å²) in [5, 5.41) is 10.0. The first-order chi connectivity index (χ1) is 8.53. The molecule has 108 valence electrons. The predicted octanol–water partition coefficient (Wildman–Crippen LogP) is 3.50. The highest BCUT2D eigenvalue weighted by molar-refractivity contribution is 5.31. The molecule has 0 heterocycles. The van der Waals surface area contributed by atoms with Gasteiger partial charge in [0.05, 0.1) is 11.7 Å². The van der Waals surface area contributed by atoms with Crippen molar-refractivity contribution in [2.45, 2.75) is 45.5 Å². The molecule has 0 aliphatic heterocycles. The molecule has 1 rings (SSSR count). The van der Waals surface area contributed by atoms with Gasteiger partial charge in [0.25, 0.3) is 0 Å². The summed E-state index contributed by atoms with van der Waals surface area (Å²) < 4.78 is 38.5. The molecule has 0 saturated heterocycles. The molecular formula is C14H20F3NO. The van der Waals surface area contributed by atoms with Crippen LogP contribution in [0.2, 0.25) is 0 Å². The van der Waals surface area contributed by atoms with Crippen molar-refractivity contribution in [3.8, 4) is 0 Å². The van der Waals surface area contributed by atoms with E-state index in [2.05, 4.69) is 0 Å². The van der Waals surface area contributed by atoms with Crippen LogP contribution in [0.3, 0.4) is 0 Å². The van der Waals surface area contributed by atoms with E-state index in [9.17, 15) is 18.3 Å². The Morgan fingerprint density at radius 3 is 2.16 bits per heavy atom. The second-order valence-electron chi connectivity index (χ2n) is 5.81. The third-order valence-electron chi connectivity index (χ3n) is 3.21. The highest BCUT2D eigenvalue weighted by Gasteiger charge is 2.35. The van der Waals surface area contributed by atoms with Crippen LogP contribution in [0.5, 0.6) is 0 Å². The Bertz CT molecular complexity index is 423. The highest BCUT2D eigenvalue weighted by atomic mass is 19.4. The monoisotopic (exact) mass is 275 g/mol. The van der Waals surface area contributed by atoms with Crippen LogP contribution in [0.1, 0.15) is 44.4 Å². The first kappa shape index (κ1) is 16.0. The molecule has 0 radical (unpaired) electrons. The zero-order valence-electron chi connectivity index (χ0n) is 11.3. The minimum Gasteiger partial charge on any atom is -0.388 e. The zero-order valence-corrected chi connectivity index (χ0v) is 11.3. The van der Waals surface area contributed by atoms with Gasteiger partial charge in [-0.2, -0.15) is 13.2 Å². The first-order valence-electron chi connectivity index (χ1n) is 6.13.